The van der Waals surface area contributed by atoms with Crippen LogP contribution >= 0.6 is 31.9 Å². The highest BCUT2D eigenvalue weighted by atomic mass is 79.9. The lowest BCUT2D eigenvalue weighted by atomic mass is 10.2. The highest BCUT2D eigenvalue weighted by molar-refractivity contribution is 9.11. The Hall–Kier alpha value is -0.430. The van der Waals surface area contributed by atoms with Gasteiger partial charge in [0.1, 0.15) is 6.10 Å². The quantitative estimate of drug-likeness (QED) is 0.846. The SMILES string of the molecule is O=C(Nc1ccc(Br)cc1Br)C1CNCCO1. The fourth-order valence-electron chi connectivity index (χ4n) is 1.54. The molecule has 0 spiro atoms. The van der Waals surface area contributed by atoms with E-state index in [1.54, 1.807) is 0 Å². The highest BCUT2D eigenvalue weighted by Gasteiger charge is 2.22. The lowest BCUT2D eigenvalue weighted by molar-refractivity contribution is -0.128. The molecule has 1 aromatic carbocycles. The maximum atomic E-state index is 11.9. The average Bonchev–Trinajstić information content (AvgIpc) is 2.34. The van der Waals surface area contributed by atoms with Crippen molar-refractivity contribution in [3.8, 4) is 0 Å². The van der Waals surface area contributed by atoms with Crippen molar-refractivity contribution in [2.75, 3.05) is 25.0 Å². The van der Waals surface area contributed by atoms with Crippen LogP contribution in [-0.2, 0) is 9.53 Å². The highest BCUT2D eigenvalue weighted by Crippen LogP contribution is 2.26. The van der Waals surface area contributed by atoms with Crippen LogP contribution in [0.2, 0.25) is 0 Å². The Kier molecular flexibility index (Phi) is 4.55. The third-order valence-corrected chi connectivity index (χ3v) is 3.56. The predicted octanol–water partition coefficient (Wildman–Crippen LogP) is 2.14. The molecule has 92 valence electrons. The molecule has 1 aliphatic rings. The second-order valence-electron chi connectivity index (χ2n) is 3.68. The second-order valence-corrected chi connectivity index (χ2v) is 5.45. The molecule has 4 nitrogen and oxygen atoms in total. The number of benzene rings is 1. The molecule has 6 heteroatoms. The smallest absolute Gasteiger partial charge is 0.254 e. The van der Waals surface area contributed by atoms with Gasteiger partial charge in [0, 0.05) is 22.0 Å². The maximum absolute atomic E-state index is 11.9. The van der Waals surface area contributed by atoms with Crippen LogP contribution in [0.25, 0.3) is 0 Å². The minimum Gasteiger partial charge on any atom is -0.366 e. The first-order valence-corrected chi connectivity index (χ1v) is 6.83. The molecule has 1 fully saturated rings. The molecule has 1 amide bonds. The second kappa shape index (κ2) is 5.95. The van der Waals surface area contributed by atoms with Gasteiger partial charge >= 0.3 is 0 Å². The molecule has 0 bridgehead atoms. The minimum atomic E-state index is -0.417. The van der Waals surface area contributed by atoms with Gasteiger partial charge in [-0.3, -0.25) is 4.79 Å². The lowest BCUT2D eigenvalue weighted by Crippen LogP contribution is -2.45. The van der Waals surface area contributed by atoms with E-state index in [4.69, 9.17) is 4.74 Å². The summed E-state index contributed by atoms with van der Waals surface area (Å²) in [5.74, 6) is -0.125. The van der Waals surface area contributed by atoms with Crippen LogP contribution in [0.15, 0.2) is 27.1 Å². The van der Waals surface area contributed by atoms with E-state index in [0.29, 0.717) is 13.2 Å². The fourth-order valence-corrected chi connectivity index (χ4v) is 2.68. The first-order chi connectivity index (χ1) is 8.16. The molecule has 0 saturated carbocycles. The number of rotatable bonds is 2. The molecular formula is C11H12Br2N2O2. The Morgan fingerprint density at radius 2 is 2.29 bits per heavy atom. The summed E-state index contributed by atoms with van der Waals surface area (Å²) in [6.45, 7) is 1.92. The molecule has 0 radical (unpaired) electrons. The van der Waals surface area contributed by atoms with Crippen LogP contribution in [0.3, 0.4) is 0 Å². The molecular weight excluding hydrogens is 352 g/mol. The van der Waals surface area contributed by atoms with Crippen LogP contribution in [0.5, 0.6) is 0 Å². The molecule has 1 saturated heterocycles. The number of ether oxygens (including phenoxy) is 1. The van der Waals surface area contributed by atoms with Gasteiger partial charge in [-0.15, -0.1) is 0 Å². The van der Waals surface area contributed by atoms with Crippen molar-refractivity contribution >= 4 is 43.5 Å². The summed E-state index contributed by atoms with van der Waals surface area (Å²) < 4.78 is 7.17. The first-order valence-electron chi connectivity index (χ1n) is 5.25. The van der Waals surface area contributed by atoms with Crippen molar-refractivity contribution in [3.05, 3.63) is 27.1 Å². The van der Waals surface area contributed by atoms with Gasteiger partial charge in [-0.1, -0.05) is 15.9 Å². The zero-order valence-corrected chi connectivity index (χ0v) is 12.2. The van der Waals surface area contributed by atoms with E-state index in [9.17, 15) is 4.79 Å². The van der Waals surface area contributed by atoms with Gasteiger partial charge in [0.2, 0.25) is 0 Å². The van der Waals surface area contributed by atoms with Gasteiger partial charge in [0.05, 0.1) is 12.3 Å². The topological polar surface area (TPSA) is 50.4 Å². The summed E-state index contributed by atoms with van der Waals surface area (Å²) >= 11 is 6.76. The summed E-state index contributed by atoms with van der Waals surface area (Å²) in [4.78, 5) is 11.9. The van der Waals surface area contributed by atoms with Crippen LogP contribution in [0, 0.1) is 0 Å². The van der Waals surface area contributed by atoms with Crippen LogP contribution in [0.1, 0.15) is 0 Å². The molecule has 1 unspecified atom stereocenters. The number of carbonyl (C=O) groups is 1. The monoisotopic (exact) mass is 362 g/mol. The van der Waals surface area contributed by atoms with Crippen LogP contribution in [-0.4, -0.2) is 31.7 Å². The number of nitrogens with one attached hydrogen (secondary N) is 2. The molecule has 0 aliphatic carbocycles. The Labute approximate surface area is 116 Å². The van der Waals surface area contributed by atoms with Crippen molar-refractivity contribution in [2.45, 2.75) is 6.10 Å². The fraction of sp³-hybridized carbons (Fsp3) is 0.364. The van der Waals surface area contributed by atoms with Gasteiger partial charge in [0.25, 0.3) is 5.91 Å². The lowest BCUT2D eigenvalue weighted by Gasteiger charge is -2.22. The summed E-state index contributed by atoms with van der Waals surface area (Å²) in [5.41, 5.74) is 0.743. The standard InChI is InChI=1S/C11H12Br2N2O2/c12-7-1-2-9(8(13)5-7)15-11(16)10-6-14-3-4-17-10/h1-2,5,10,14H,3-4,6H2,(H,15,16). The van der Waals surface area contributed by atoms with Crippen LogP contribution in [0.4, 0.5) is 5.69 Å². The minimum absolute atomic E-state index is 0.125. The molecule has 1 heterocycles. The molecule has 2 N–H and O–H groups in total. The van der Waals surface area contributed by atoms with Gasteiger partial charge in [-0.25, -0.2) is 0 Å². The zero-order valence-electron chi connectivity index (χ0n) is 9.00. The number of carbonyl (C=O) groups excluding carboxylic acids is 1. The zero-order chi connectivity index (χ0) is 12.3. The Morgan fingerprint density at radius 3 is 2.94 bits per heavy atom. The first kappa shape index (κ1) is 13.0. The third kappa shape index (κ3) is 3.51. The van der Waals surface area contributed by atoms with E-state index >= 15 is 0 Å². The summed E-state index contributed by atoms with van der Waals surface area (Å²) in [6, 6.07) is 5.60. The van der Waals surface area contributed by atoms with Crippen molar-refractivity contribution in [1.29, 1.82) is 0 Å². The van der Waals surface area contributed by atoms with Crippen molar-refractivity contribution < 1.29 is 9.53 Å². The van der Waals surface area contributed by atoms with E-state index in [1.165, 1.54) is 0 Å². The van der Waals surface area contributed by atoms with Crippen molar-refractivity contribution in [2.24, 2.45) is 0 Å². The third-order valence-electron chi connectivity index (χ3n) is 2.41. The normalized spacial score (nSPS) is 20.0. The van der Waals surface area contributed by atoms with Crippen molar-refractivity contribution in [3.63, 3.8) is 0 Å². The van der Waals surface area contributed by atoms with Crippen molar-refractivity contribution in [1.82, 2.24) is 5.32 Å². The number of hydrogen-bond acceptors (Lipinski definition) is 3. The summed E-state index contributed by atoms with van der Waals surface area (Å²) in [6.07, 6.45) is -0.417. The molecule has 1 atom stereocenters. The molecule has 17 heavy (non-hydrogen) atoms. The largest absolute Gasteiger partial charge is 0.366 e. The maximum Gasteiger partial charge on any atom is 0.254 e. The van der Waals surface area contributed by atoms with E-state index in [0.717, 1.165) is 21.2 Å². The van der Waals surface area contributed by atoms with Gasteiger partial charge in [-0.2, -0.15) is 0 Å². The predicted molar refractivity (Wildman–Crippen MR) is 73.1 cm³/mol. The van der Waals surface area contributed by atoms with Gasteiger partial charge < -0.3 is 15.4 Å². The van der Waals surface area contributed by atoms with E-state index in [2.05, 4.69) is 42.5 Å². The molecule has 1 aliphatic heterocycles. The number of hydrogen-bond donors (Lipinski definition) is 2. The average molecular weight is 364 g/mol. The van der Waals surface area contributed by atoms with Crippen LogP contribution < -0.4 is 10.6 Å². The van der Waals surface area contributed by atoms with Gasteiger partial charge in [0.15, 0.2) is 0 Å². The number of halogens is 2. The Bertz CT molecular complexity index is 420. The van der Waals surface area contributed by atoms with E-state index in [-0.39, 0.29) is 5.91 Å². The summed E-state index contributed by atoms with van der Waals surface area (Å²) in [5, 5.41) is 5.96. The number of anilines is 1. The summed E-state index contributed by atoms with van der Waals surface area (Å²) in [7, 11) is 0. The van der Waals surface area contributed by atoms with E-state index < -0.39 is 6.10 Å². The number of amides is 1. The Morgan fingerprint density at radius 1 is 1.47 bits per heavy atom. The molecule has 0 aromatic heterocycles. The Balaban J connectivity index is 2.02. The van der Waals surface area contributed by atoms with E-state index in [1.807, 2.05) is 18.2 Å². The number of morpholine rings is 1. The molecule has 2 rings (SSSR count). The molecule has 1 aromatic rings. The van der Waals surface area contributed by atoms with Gasteiger partial charge in [-0.05, 0) is 34.1 Å².